The molecule has 1 heterocycles. The fourth-order valence-corrected chi connectivity index (χ4v) is 4.17. The van der Waals surface area contributed by atoms with Gasteiger partial charge in [0.25, 0.3) is 5.91 Å². The molecular formula is C21H22N2O5S. The number of fused-ring (bicyclic) bond motifs is 1. The quantitative estimate of drug-likeness (QED) is 0.760. The third-order valence-corrected chi connectivity index (χ3v) is 5.94. The standard InChI is InChI=1S/C21H22N2O5S/c1-3-29(27)18-11-7-4-8-15(18)21(26)28-13-20(25)23-14(2)12-19(24)22-16-9-5-6-10-17(16)23/h4-11,14H,3,12-13H2,1-2H3,(H,22,24)/t14-,29+/m0/s1. The van der Waals surface area contributed by atoms with E-state index in [0.29, 0.717) is 22.0 Å². The SMILES string of the molecule is CC[S@@](=O)c1ccccc1C(=O)OCC(=O)N1c2ccccc2NC(=O)C[C@@H]1C. The van der Waals surface area contributed by atoms with Crippen LogP contribution < -0.4 is 10.2 Å². The molecule has 1 N–H and O–H groups in total. The molecule has 152 valence electrons. The Balaban J connectivity index is 1.78. The molecule has 0 saturated heterocycles. The van der Waals surface area contributed by atoms with Gasteiger partial charge < -0.3 is 15.0 Å². The summed E-state index contributed by atoms with van der Waals surface area (Å²) in [4.78, 5) is 39.3. The van der Waals surface area contributed by atoms with E-state index < -0.39 is 35.3 Å². The Kier molecular flexibility index (Phi) is 6.43. The molecule has 3 rings (SSSR count). The molecular weight excluding hydrogens is 392 g/mol. The van der Waals surface area contributed by atoms with Crippen LogP contribution in [0.5, 0.6) is 0 Å². The van der Waals surface area contributed by atoms with E-state index >= 15 is 0 Å². The molecule has 0 saturated carbocycles. The molecule has 0 aromatic heterocycles. The summed E-state index contributed by atoms with van der Waals surface area (Å²) in [5, 5.41) is 2.78. The van der Waals surface area contributed by atoms with Gasteiger partial charge in [0.2, 0.25) is 5.91 Å². The van der Waals surface area contributed by atoms with Gasteiger partial charge in [-0.25, -0.2) is 4.79 Å². The smallest absolute Gasteiger partial charge is 0.339 e. The number of hydrogen-bond donors (Lipinski definition) is 1. The van der Waals surface area contributed by atoms with Crippen molar-refractivity contribution in [3.05, 3.63) is 54.1 Å². The minimum absolute atomic E-state index is 0.132. The van der Waals surface area contributed by atoms with Crippen LogP contribution in [0.4, 0.5) is 11.4 Å². The summed E-state index contributed by atoms with van der Waals surface area (Å²) in [5.41, 5.74) is 1.27. The zero-order valence-corrected chi connectivity index (χ0v) is 17.0. The Morgan fingerprint density at radius 3 is 2.62 bits per heavy atom. The molecule has 7 nitrogen and oxygen atoms in total. The van der Waals surface area contributed by atoms with E-state index in [9.17, 15) is 18.6 Å². The first-order valence-electron chi connectivity index (χ1n) is 9.27. The van der Waals surface area contributed by atoms with Crippen molar-refractivity contribution in [2.75, 3.05) is 22.6 Å². The van der Waals surface area contributed by atoms with Gasteiger partial charge in [-0.15, -0.1) is 0 Å². The normalized spacial score (nSPS) is 17.0. The highest BCUT2D eigenvalue weighted by atomic mass is 32.2. The molecule has 1 aliphatic rings. The van der Waals surface area contributed by atoms with Crippen LogP contribution in [0, 0.1) is 0 Å². The summed E-state index contributed by atoms with van der Waals surface area (Å²) in [6.45, 7) is 3.04. The number of carbonyl (C=O) groups excluding carboxylic acids is 3. The Labute approximate surface area is 171 Å². The van der Waals surface area contributed by atoms with Crippen LogP contribution in [0.3, 0.4) is 0 Å². The van der Waals surface area contributed by atoms with Crippen LogP contribution >= 0.6 is 0 Å². The molecule has 0 radical (unpaired) electrons. The average Bonchev–Trinajstić information content (AvgIpc) is 2.85. The van der Waals surface area contributed by atoms with Gasteiger partial charge in [0, 0.05) is 18.2 Å². The van der Waals surface area contributed by atoms with Gasteiger partial charge in [-0.3, -0.25) is 13.8 Å². The van der Waals surface area contributed by atoms with E-state index in [4.69, 9.17) is 4.74 Å². The van der Waals surface area contributed by atoms with E-state index in [2.05, 4.69) is 5.32 Å². The first kappa shape index (κ1) is 20.7. The minimum Gasteiger partial charge on any atom is -0.452 e. The van der Waals surface area contributed by atoms with E-state index in [0.717, 1.165) is 0 Å². The van der Waals surface area contributed by atoms with Crippen LogP contribution in [0.25, 0.3) is 0 Å². The number of carbonyl (C=O) groups is 3. The van der Waals surface area contributed by atoms with Gasteiger partial charge >= 0.3 is 5.97 Å². The second-order valence-electron chi connectivity index (χ2n) is 6.59. The van der Waals surface area contributed by atoms with E-state index in [1.54, 1.807) is 56.3 Å². The van der Waals surface area contributed by atoms with Crippen LogP contribution in [0.2, 0.25) is 0 Å². The van der Waals surface area contributed by atoms with E-state index in [-0.39, 0.29) is 17.9 Å². The molecule has 2 amide bonds. The second kappa shape index (κ2) is 9.00. The molecule has 0 aliphatic carbocycles. The predicted octanol–water partition coefficient (Wildman–Crippen LogP) is 2.73. The lowest BCUT2D eigenvalue weighted by atomic mass is 10.1. The summed E-state index contributed by atoms with van der Waals surface area (Å²) in [6, 6.07) is 13.1. The first-order valence-corrected chi connectivity index (χ1v) is 10.6. The predicted molar refractivity (Wildman–Crippen MR) is 110 cm³/mol. The maximum atomic E-state index is 12.9. The lowest BCUT2D eigenvalue weighted by Gasteiger charge is -2.27. The number of rotatable bonds is 5. The molecule has 0 unspecified atom stereocenters. The first-order chi connectivity index (χ1) is 13.9. The van der Waals surface area contributed by atoms with Gasteiger partial charge in [-0.1, -0.05) is 31.2 Å². The van der Waals surface area contributed by atoms with E-state index in [1.807, 2.05) is 0 Å². The van der Waals surface area contributed by atoms with Crippen molar-refractivity contribution in [2.45, 2.75) is 31.2 Å². The van der Waals surface area contributed by atoms with Gasteiger partial charge in [0.05, 0.1) is 32.6 Å². The van der Waals surface area contributed by atoms with Crippen LogP contribution in [-0.4, -0.2) is 40.4 Å². The van der Waals surface area contributed by atoms with Crippen LogP contribution in [0.1, 0.15) is 30.6 Å². The number of benzene rings is 2. The lowest BCUT2D eigenvalue weighted by Crippen LogP contribution is -2.41. The van der Waals surface area contributed by atoms with Crippen molar-refractivity contribution in [1.82, 2.24) is 0 Å². The molecule has 2 atom stereocenters. The number of esters is 1. The minimum atomic E-state index is -1.32. The monoisotopic (exact) mass is 414 g/mol. The third kappa shape index (κ3) is 4.54. The zero-order chi connectivity index (χ0) is 21.0. The van der Waals surface area contributed by atoms with Crippen molar-refractivity contribution in [3.8, 4) is 0 Å². The van der Waals surface area contributed by atoms with Gasteiger partial charge in [-0.05, 0) is 31.2 Å². The highest BCUT2D eigenvalue weighted by molar-refractivity contribution is 7.85. The molecule has 1 aliphatic heterocycles. The molecule has 8 heteroatoms. The van der Waals surface area contributed by atoms with Gasteiger partial charge in [0.15, 0.2) is 6.61 Å². The maximum absolute atomic E-state index is 12.9. The highest BCUT2D eigenvalue weighted by Gasteiger charge is 2.30. The van der Waals surface area contributed by atoms with Crippen molar-refractivity contribution in [3.63, 3.8) is 0 Å². The topological polar surface area (TPSA) is 92.8 Å². The molecule has 0 fully saturated rings. The molecule has 0 spiro atoms. The summed E-state index contributed by atoms with van der Waals surface area (Å²) >= 11 is 0. The average molecular weight is 414 g/mol. The second-order valence-corrected chi connectivity index (χ2v) is 8.30. The third-order valence-electron chi connectivity index (χ3n) is 4.57. The number of para-hydroxylation sites is 2. The van der Waals surface area contributed by atoms with Crippen LogP contribution in [0.15, 0.2) is 53.4 Å². The van der Waals surface area contributed by atoms with Crippen molar-refractivity contribution in [2.24, 2.45) is 0 Å². The molecule has 2 aromatic carbocycles. The van der Waals surface area contributed by atoms with Crippen molar-refractivity contribution >= 4 is 40.0 Å². The largest absolute Gasteiger partial charge is 0.452 e. The number of nitrogens with zero attached hydrogens (tertiary/aromatic N) is 1. The number of ether oxygens (including phenoxy) is 1. The van der Waals surface area contributed by atoms with E-state index in [1.165, 1.54) is 11.0 Å². The Bertz CT molecular complexity index is 975. The van der Waals surface area contributed by atoms with Crippen molar-refractivity contribution in [1.29, 1.82) is 0 Å². The molecule has 2 aromatic rings. The summed E-state index contributed by atoms with van der Waals surface area (Å²) in [5.74, 6) is -0.968. The Morgan fingerprint density at radius 1 is 1.17 bits per heavy atom. The number of anilines is 2. The summed E-state index contributed by atoms with van der Waals surface area (Å²) in [7, 11) is -1.32. The number of hydrogen-bond acceptors (Lipinski definition) is 5. The van der Waals surface area contributed by atoms with Crippen LogP contribution in [-0.2, 0) is 25.1 Å². The Hall–Kier alpha value is -3.00. The summed E-state index contributed by atoms with van der Waals surface area (Å²) < 4.78 is 17.4. The lowest BCUT2D eigenvalue weighted by molar-refractivity contribution is -0.122. The van der Waals surface area contributed by atoms with Crippen molar-refractivity contribution < 1.29 is 23.3 Å². The summed E-state index contributed by atoms with van der Waals surface area (Å²) in [6.07, 6.45) is 0.132. The zero-order valence-electron chi connectivity index (χ0n) is 16.2. The highest BCUT2D eigenvalue weighted by Crippen LogP contribution is 2.31. The fraction of sp³-hybridized carbons (Fsp3) is 0.286. The van der Waals surface area contributed by atoms with Gasteiger partial charge in [0.1, 0.15) is 0 Å². The van der Waals surface area contributed by atoms with Gasteiger partial charge in [-0.2, -0.15) is 0 Å². The molecule has 0 bridgehead atoms. The maximum Gasteiger partial charge on any atom is 0.339 e. The number of nitrogens with one attached hydrogen (secondary N) is 1. The number of amides is 2. The molecule has 29 heavy (non-hydrogen) atoms. The fourth-order valence-electron chi connectivity index (χ4n) is 3.23. The Morgan fingerprint density at radius 2 is 1.86 bits per heavy atom.